The number of aliphatic hydroxyl groups is 1. The number of carbonyl (C=O) groups is 1. The van der Waals surface area contributed by atoms with Crippen molar-refractivity contribution < 1.29 is 32.5 Å². The fourth-order valence-corrected chi connectivity index (χ4v) is 5.20. The standard InChI is InChI=1S/C28H30F3N3O4Si/c1-39(2,3)11-10-37-17-34-14-18(25(35)20-6-4-5-7-21(20)28(29,30)31)12-24(34)26-32-22-9-8-19(13-23(22)33-26)27(36)15-38-16-27/h4-9,12-14,36H,10-11,15-17H2,1-3H3,(H,32,33). The highest BCUT2D eigenvalue weighted by molar-refractivity contribution is 6.76. The number of hydrogen-bond acceptors (Lipinski definition) is 5. The molecular formula is C28H30F3N3O4Si. The van der Waals surface area contributed by atoms with Crippen molar-refractivity contribution in [3.05, 3.63) is 77.0 Å². The molecule has 206 valence electrons. The van der Waals surface area contributed by atoms with E-state index in [2.05, 4.69) is 29.6 Å². The highest BCUT2D eigenvalue weighted by Gasteiger charge is 2.38. The Kier molecular flexibility index (Phi) is 7.04. The first kappa shape index (κ1) is 27.3. The predicted octanol–water partition coefficient (Wildman–Crippen LogP) is 5.81. The summed E-state index contributed by atoms with van der Waals surface area (Å²) in [4.78, 5) is 21.2. The Morgan fingerprint density at radius 2 is 1.92 bits per heavy atom. The van der Waals surface area contributed by atoms with Crippen LogP contribution in [0.2, 0.25) is 25.7 Å². The van der Waals surface area contributed by atoms with Gasteiger partial charge >= 0.3 is 6.18 Å². The maximum atomic E-state index is 13.6. The number of nitrogens with one attached hydrogen (secondary N) is 1. The molecule has 3 heterocycles. The average molecular weight is 558 g/mol. The fraction of sp³-hybridized carbons (Fsp3) is 0.357. The number of nitrogens with zero attached hydrogens (tertiary/aromatic N) is 2. The number of carbonyl (C=O) groups excluding carboxylic acids is 1. The van der Waals surface area contributed by atoms with Crippen LogP contribution >= 0.6 is 0 Å². The van der Waals surface area contributed by atoms with Gasteiger partial charge in [-0.15, -0.1) is 0 Å². The molecule has 39 heavy (non-hydrogen) atoms. The zero-order valence-electron chi connectivity index (χ0n) is 21.9. The smallest absolute Gasteiger partial charge is 0.380 e. The Morgan fingerprint density at radius 1 is 1.18 bits per heavy atom. The van der Waals surface area contributed by atoms with Crippen LogP contribution in [0.5, 0.6) is 0 Å². The molecule has 0 radical (unpaired) electrons. The van der Waals surface area contributed by atoms with E-state index in [1.165, 1.54) is 30.5 Å². The second-order valence-corrected chi connectivity index (χ2v) is 16.8. The molecule has 1 aliphatic rings. The summed E-state index contributed by atoms with van der Waals surface area (Å²) in [5, 5.41) is 10.6. The molecule has 0 bridgehead atoms. The highest BCUT2D eigenvalue weighted by atomic mass is 28.3. The van der Waals surface area contributed by atoms with Crippen molar-refractivity contribution in [2.75, 3.05) is 19.8 Å². The third-order valence-corrected chi connectivity index (χ3v) is 8.51. The minimum atomic E-state index is -4.66. The fourth-order valence-electron chi connectivity index (χ4n) is 4.45. The summed E-state index contributed by atoms with van der Waals surface area (Å²) in [5.74, 6) is -0.313. The zero-order valence-corrected chi connectivity index (χ0v) is 22.9. The maximum absolute atomic E-state index is 13.6. The van der Waals surface area contributed by atoms with E-state index < -0.39 is 36.8 Å². The van der Waals surface area contributed by atoms with Gasteiger partial charge in [0.2, 0.25) is 0 Å². The van der Waals surface area contributed by atoms with Crippen molar-refractivity contribution in [1.82, 2.24) is 14.5 Å². The van der Waals surface area contributed by atoms with Crippen LogP contribution in [0.15, 0.2) is 54.7 Å². The molecule has 1 fully saturated rings. The van der Waals surface area contributed by atoms with Gasteiger partial charge in [-0.1, -0.05) is 43.9 Å². The summed E-state index contributed by atoms with van der Waals surface area (Å²) in [5.41, 5.74) is 0.155. The first-order valence-corrected chi connectivity index (χ1v) is 16.3. The van der Waals surface area contributed by atoms with Crippen molar-refractivity contribution in [3.8, 4) is 11.5 Å². The molecule has 0 amide bonds. The van der Waals surface area contributed by atoms with E-state index in [0.29, 0.717) is 34.7 Å². The number of fused-ring (bicyclic) bond motifs is 1. The third-order valence-electron chi connectivity index (χ3n) is 6.81. The van der Waals surface area contributed by atoms with Gasteiger partial charge in [-0.3, -0.25) is 4.79 Å². The first-order valence-electron chi connectivity index (χ1n) is 12.6. The lowest BCUT2D eigenvalue weighted by molar-refractivity contribution is -0.184. The minimum absolute atomic E-state index is 0.0950. The number of ketones is 1. The van der Waals surface area contributed by atoms with E-state index in [9.17, 15) is 23.1 Å². The Balaban J connectivity index is 1.51. The van der Waals surface area contributed by atoms with Crippen molar-refractivity contribution in [2.24, 2.45) is 0 Å². The van der Waals surface area contributed by atoms with Gasteiger partial charge in [0.05, 0.1) is 35.5 Å². The molecule has 1 aliphatic heterocycles. The van der Waals surface area contributed by atoms with E-state index in [4.69, 9.17) is 9.47 Å². The summed E-state index contributed by atoms with van der Waals surface area (Å²) in [6.07, 6.45) is -3.16. The summed E-state index contributed by atoms with van der Waals surface area (Å²) in [7, 11) is -1.34. The number of rotatable bonds is 9. The number of aromatic amines is 1. The lowest BCUT2D eigenvalue weighted by atomic mass is 9.92. The molecule has 2 aromatic carbocycles. The Hall–Kier alpha value is -3.25. The van der Waals surface area contributed by atoms with E-state index in [1.807, 2.05) is 0 Å². The van der Waals surface area contributed by atoms with Crippen LogP contribution in [0.4, 0.5) is 13.2 Å². The predicted molar refractivity (Wildman–Crippen MR) is 143 cm³/mol. The van der Waals surface area contributed by atoms with E-state index in [1.54, 1.807) is 22.8 Å². The molecule has 2 aromatic heterocycles. The van der Waals surface area contributed by atoms with Crippen molar-refractivity contribution in [2.45, 2.75) is 44.2 Å². The Labute approximate surface area is 224 Å². The van der Waals surface area contributed by atoms with Gasteiger partial charge in [-0.05, 0) is 35.9 Å². The van der Waals surface area contributed by atoms with Crippen molar-refractivity contribution in [3.63, 3.8) is 0 Å². The van der Waals surface area contributed by atoms with Crippen LogP contribution in [0.3, 0.4) is 0 Å². The lowest BCUT2D eigenvalue weighted by Crippen LogP contribution is -2.46. The number of halogens is 3. The summed E-state index contributed by atoms with van der Waals surface area (Å²) < 4.78 is 53.6. The van der Waals surface area contributed by atoms with Gasteiger partial charge in [0.15, 0.2) is 11.6 Å². The monoisotopic (exact) mass is 557 g/mol. The molecule has 5 rings (SSSR count). The molecule has 7 nitrogen and oxygen atoms in total. The van der Waals surface area contributed by atoms with E-state index >= 15 is 0 Å². The van der Waals surface area contributed by atoms with Gasteiger partial charge in [-0.2, -0.15) is 13.2 Å². The van der Waals surface area contributed by atoms with Crippen LogP contribution in [-0.2, 0) is 28.0 Å². The topological polar surface area (TPSA) is 89.4 Å². The van der Waals surface area contributed by atoms with Gasteiger partial charge in [-0.25, -0.2) is 4.98 Å². The minimum Gasteiger partial charge on any atom is -0.380 e. The van der Waals surface area contributed by atoms with Gasteiger partial charge in [0, 0.05) is 32.0 Å². The number of alkyl halides is 3. The molecule has 11 heteroatoms. The van der Waals surface area contributed by atoms with Gasteiger partial charge < -0.3 is 24.1 Å². The van der Waals surface area contributed by atoms with Gasteiger partial charge in [0.25, 0.3) is 0 Å². The molecule has 0 aliphatic carbocycles. The van der Waals surface area contributed by atoms with Crippen LogP contribution in [0, 0.1) is 0 Å². The Bertz CT molecular complexity index is 1520. The quantitative estimate of drug-likeness (QED) is 0.154. The van der Waals surface area contributed by atoms with Crippen LogP contribution in [0.25, 0.3) is 22.6 Å². The molecule has 4 aromatic rings. The zero-order chi connectivity index (χ0) is 28.0. The highest BCUT2D eigenvalue weighted by Crippen LogP contribution is 2.35. The second kappa shape index (κ2) is 10.1. The number of imidazole rings is 1. The number of H-pyrrole nitrogens is 1. The first-order chi connectivity index (χ1) is 18.3. The lowest BCUT2D eigenvalue weighted by Gasteiger charge is -2.36. The van der Waals surface area contributed by atoms with Crippen molar-refractivity contribution in [1.29, 1.82) is 0 Å². The van der Waals surface area contributed by atoms with Crippen molar-refractivity contribution >= 4 is 24.9 Å². The normalized spacial score (nSPS) is 15.5. The molecule has 0 saturated carbocycles. The largest absolute Gasteiger partial charge is 0.417 e. The number of hydrogen-bond donors (Lipinski definition) is 2. The van der Waals surface area contributed by atoms with Gasteiger partial charge in [0.1, 0.15) is 12.3 Å². The van der Waals surface area contributed by atoms with Crippen LogP contribution in [0.1, 0.15) is 27.0 Å². The Morgan fingerprint density at radius 3 is 2.59 bits per heavy atom. The summed E-state index contributed by atoms with van der Waals surface area (Å²) >= 11 is 0. The maximum Gasteiger partial charge on any atom is 0.417 e. The SMILES string of the molecule is C[Si](C)(C)CCOCn1cc(C(=O)c2ccccc2C(F)(F)F)cc1-c1nc2ccc(C3(O)COC3)cc2[nH]1. The molecule has 0 spiro atoms. The molecular weight excluding hydrogens is 527 g/mol. The molecule has 0 atom stereocenters. The molecule has 2 N–H and O–H groups in total. The van der Waals surface area contributed by atoms with Crippen LogP contribution in [-0.4, -0.2) is 53.3 Å². The number of benzene rings is 2. The summed E-state index contributed by atoms with van der Waals surface area (Å²) in [6, 6.07) is 12.6. The van der Waals surface area contributed by atoms with E-state index in [0.717, 1.165) is 12.1 Å². The average Bonchev–Trinajstić information content (AvgIpc) is 3.47. The molecule has 0 unspecified atom stereocenters. The number of aromatic nitrogens is 3. The molecule has 1 saturated heterocycles. The second-order valence-electron chi connectivity index (χ2n) is 11.1. The number of ether oxygens (including phenoxy) is 2. The van der Waals surface area contributed by atoms with E-state index in [-0.39, 0.29) is 25.5 Å². The third kappa shape index (κ3) is 5.71. The summed E-state index contributed by atoms with van der Waals surface area (Å²) in [6.45, 7) is 7.76. The van der Waals surface area contributed by atoms with Crippen LogP contribution < -0.4 is 0 Å².